The lowest BCUT2D eigenvalue weighted by atomic mass is 9.91. The number of benzene rings is 1. The van der Waals surface area contributed by atoms with E-state index in [0.29, 0.717) is 50.7 Å². The largest absolute Gasteiger partial charge is 0.375 e. The van der Waals surface area contributed by atoms with Crippen LogP contribution in [0.4, 0.5) is 14.6 Å². The number of ether oxygens (including phenoxy) is 1. The van der Waals surface area contributed by atoms with E-state index in [0.717, 1.165) is 31.1 Å². The molecule has 1 saturated carbocycles. The van der Waals surface area contributed by atoms with Crippen LogP contribution in [0.5, 0.6) is 0 Å². The Kier molecular flexibility index (Phi) is 6.71. The minimum absolute atomic E-state index is 0.0742. The molecule has 186 valence electrons. The molecule has 2 atom stereocenters. The van der Waals surface area contributed by atoms with Gasteiger partial charge in [0.15, 0.2) is 0 Å². The highest BCUT2D eigenvalue weighted by Crippen LogP contribution is 2.36. The van der Waals surface area contributed by atoms with Crippen LogP contribution in [0.2, 0.25) is 0 Å². The summed E-state index contributed by atoms with van der Waals surface area (Å²) in [6.45, 7) is 1.62. The molecule has 2 aromatic rings. The number of piperazine rings is 1. The molecule has 1 aliphatic carbocycles. The van der Waals surface area contributed by atoms with Crippen LogP contribution in [0.15, 0.2) is 35.2 Å². The van der Waals surface area contributed by atoms with E-state index in [1.807, 2.05) is 29.2 Å². The Morgan fingerprint density at radius 2 is 1.82 bits per heavy atom. The Bertz CT molecular complexity index is 1140. The maximum atomic E-state index is 14.1. The lowest BCUT2D eigenvalue weighted by Crippen LogP contribution is -2.55. The first-order chi connectivity index (χ1) is 16.2. The van der Waals surface area contributed by atoms with Crippen LogP contribution in [-0.4, -0.2) is 86.0 Å². The summed E-state index contributed by atoms with van der Waals surface area (Å²) < 4.78 is 62.2. The molecule has 3 fully saturated rings. The van der Waals surface area contributed by atoms with Crippen molar-refractivity contribution in [3.8, 4) is 0 Å². The number of sulfonamides is 1. The van der Waals surface area contributed by atoms with Crippen LogP contribution in [0, 0.1) is 0 Å². The molecule has 2 saturated heterocycles. The van der Waals surface area contributed by atoms with Crippen LogP contribution in [0.3, 0.4) is 0 Å². The molecule has 0 radical (unpaired) electrons. The molecule has 0 bridgehead atoms. The number of morpholine rings is 1. The van der Waals surface area contributed by atoms with Gasteiger partial charge in [0.2, 0.25) is 10.0 Å². The first-order valence-electron chi connectivity index (χ1n) is 11.8. The molecule has 0 spiro atoms. The zero-order valence-corrected chi connectivity index (χ0v) is 20.4. The highest BCUT2D eigenvalue weighted by Gasteiger charge is 2.42. The molecule has 5 rings (SSSR count). The average molecular weight is 515 g/mol. The Hall–Kier alpha value is -1.59. The normalized spacial score (nSPS) is 25.4. The molecular weight excluding hydrogens is 486 g/mol. The van der Waals surface area contributed by atoms with Gasteiger partial charge in [0.25, 0.3) is 0 Å². The maximum absolute atomic E-state index is 14.1. The molecule has 0 amide bonds. The van der Waals surface area contributed by atoms with Gasteiger partial charge < -0.3 is 9.64 Å². The molecule has 2 aliphatic heterocycles. The second kappa shape index (κ2) is 9.46. The number of aromatic nitrogens is 1. The van der Waals surface area contributed by atoms with Gasteiger partial charge >= 0.3 is 5.38 Å². The van der Waals surface area contributed by atoms with Crippen molar-refractivity contribution in [1.29, 1.82) is 0 Å². The van der Waals surface area contributed by atoms with Crippen molar-refractivity contribution in [2.45, 2.75) is 48.1 Å². The fourth-order valence-corrected chi connectivity index (χ4v) is 7.38. The number of nitrogens with zero attached hydrogens (tertiary/aromatic N) is 4. The van der Waals surface area contributed by atoms with Crippen molar-refractivity contribution >= 4 is 38.3 Å². The summed E-state index contributed by atoms with van der Waals surface area (Å²) in [6, 6.07) is 8.97. The lowest BCUT2D eigenvalue weighted by Gasteiger charge is -2.43. The van der Waals surface area contributed by atoms with Gasteiger partial charge in [-0.1, -0.05) is 31.0 Å². The van der Waals surface area contributed by atoms with Gasteiger partial charge in [-0.15, -0.1) is 0 Å². The number of fused-ring (bicyclic) bond motifs is 2. The molecule has 0 N–H and O–H groups in total. The van der Waals surface area contributed by atoms with Crippen LogP contribution in [0.25, 0.3) is 10.9 Å². The minimum Gasteiger partial charge on any atom is -0.375 e. The quantitative estimate of drug-likeness (QED) is 0.569. The Balaban J connectivity index is 1.50. The summed E-state index contributed by atoms with van der Waals surface area (Å²) in [5.41, 5.74) is 0.698. The van der Waals surface area contributed by atoms with Gasteiger partial charge in [0.1, 0.15) is 10.7 Å². The van der Waals surface area contributed by atoms with Gasteiger partial charge in [0, 0.05) is 38.1 Å². The molecule has 3 heterocycles. The second-order valence-electron chi connectivity index (χ2n) is 9.26. The van der Waals surface area contributed by atoms with E-state index in [1.54, 1.807) is 15.3 Å². The van der Waals surface area contributed by atoms with Gasteiger partial charge in [-0.25, -0.2) is 13.4 Å². The monoisotopic (exact) mass is 514 g/mol. The SMILES string of the molecule is O=S(=O)(c1cc2ccccc2nc1N1CCN(CC(F)(F)Cl)CC1)N1CCOC2CCCCC21. The van der Waals surface area contributed by atoms with Gasteiger partial charge in [-0.2, -0.15) is 13.1 Å². The molecule has 1 aromatic carbocycles. The van der Waals surface area contributed by atoms with Crippen LogP contribution < -0.4 is 4.90 Å². The number of hydrogen-bond acceptors (Lipinski definition) is 6. The maximum Gasteiger partial charge on any atom is 0.334 e. The molecule has 11 heteroatoms. The predicted molar refractivity (Wildman–Crippen MR) is 127 cm³/mol. The van der Waals surface area contributed by atoms with Crippen LogP contribution in [-0.2, 0) is 14.8 Å². The zero-order chi connectivity index (χ0) is 23.9. The highest BCUT2D eigenvalue weighted by molar-refractivity contribution is 7.89. The van der Waals surface area contributed by atoms with E-state index in [9.17, 15) is 17.2 Å². The van der Waals surface area contributed by atoms with Crippen molar-refractivity contribution < 1.29 is 21.9 Å². The standard InChI is InChI=1S/C23H29ClF2N4O3S/c24-23(25,26)16-28-9-11-29(12-10-28)22-21(15-17-5-1-2-6-18(17)27-22)34(31,32)30-13-14-33-20-8-4-3-7-19(20)30/h1-2,5-6,15,19-20H,3-4,7-14,16H2. The molecule has 7 nitrogen and oxygen atoms in total. The average Bonchev–Trinajstić information content (AvgIpc) is 2.82. The van der Waals surface area contributed by atoms with Crippen molar-refractivity contribution in [2.75, 3.05) is 50.8 Å². The van der Waals surface area contributed by atoms with Gasteiger partial charge in [-0.05, 0) is 36.6 Å². The number of rotatable bonds is 5. The van der Waals surface area contributed by atoms with E-state index in [4.69, 9.17) is 21.3 Å². The fraction of sp³-hybridized carbons (Fsp3) is 0.609. The lowest BCUT2D eigenvalue weighted by molar-refractivity contribution is -0.0586. The fourth-order valence-electron chi connectivity index (χ4n) is 5.36. The smallest absolute Gasteiger partial charge is 0.334 e. The summed E-state index contributed by atoms with van der Waals surface area (Å²) in [5.74, 6) is 0.384. The number of alkyl halides is 3. The number of anilines is 1. The predicted octanol–water partition coefficient (Wildman–Crippen LogP) is 3.52. The number of hydrogen-bond donors (Lipinski definition) is 0. The number of pyridine rings is 1. The molecule has 3 aliphatic rings. The first kappa shape index (κ1) is 24.1. The number of para-hydroxylation sites is 1. The summed E-state index contributed by atoms with van der Waals surface area (Å²) in [5, 5.41) is -2.54. The van der Waals surface area contributed by atoms with E-state index < -0.39 is 21.9 Å². The van der Waals surface area contributed by atoms with E-state index in [2.05, 4.69) is 0 Å². The van der Waals surface area contributed by atoms with Gasteiger partial charge in [-0.3, -0.25) is 4.90 Å². The zero-order valence-electron chi connectivity index (χ0n) is 18.9. The molecule has 34 heavy (non-hydrogen) atoms. The Morgan fingerprint density at radius 3 is 2.59 bits per heavy atom. The van der Waals surface area contributed by atoms with Crippen LogP contribution in [0.1, 0.15) is 25.7 Å². The van der Waals surface area contributed by atoms with Gasteiger partial charge in [0.05, 0.1) is 30.8 Å². The molecular formula is C23H29ClF2N4O3S. The summed E-state index contributed by atoms with van der Waals surface area (Å²) >= 11 is 5.12. The topological polar surface area (TPSA) is 66.0 Å². The Labute approximate surface area is 203 Å². The highest BCUT2D eigenvalue weighted by atomic mass is 35.5. The van der Waals surface area contributed by atoms with Crippen molar-refractivity contribution in [1.82, 2.24) is 14.2 Å². The van der Waals surface area contributed by atoms with Crippen molar-refractivity contribution in [3.05, 3.63) is 30.3 Å². The Morgan fingerprint density at radius 1 is 1.09 bits per heavy atom. The van der Waals surface area contributed by atoms with E-state index >= 15 is 0 Å². The van der Waals surface area contributed by atoms with Crippen molar-refractivity contribution in [2.24, 2.45) is 0 Å². The molecule has 2 unspecified atom stereocenters. The third-order valence-electron chi connectivity index (χ3n) is 7.01. The van der Waals surface area contributed by atoms with E-state index in [-0.39, 0.29) is 17.0 Å². The number of halogens is 3. The third kappa shape index (κ3) is 4.88. The summed E-state index contributed by atoms with van der Waals surface area (Å²) in [4.78, 5) is 8.41. The first-order valence-corrected chi connectivity index (χ1v) is 13.6. The minimum atomic E-state index is -3.85. The third-order valence-corrected chi connectivity index (χ3v) is 9.06. The summed E-state index contributed by atoms with van der Waals surface area (Å²) in [7, 11) is -3.85. The van der Waals surface area contributed by atoms with E-state index in [1.165, 1.54) is 0 Å². The molecule has 1 aromatic heterocycles. The summed E-state index contributed by atoms with van der Waals surface area (Å²) in [6.07, 6.45) is 3.60. The van der Waals surface area contributed by atoms with Crippen molar-refractivity contribution in [3.63, 3.8) is 0 Å². The second-order valence-corrected chi connectivity index (χ2v) is 11.7. The van der Waals surface area contributed by atoms with Crippen LogP contribution >= 0.6 is 11.6 Å².